The van der Waals surface area contributed by atoms with Crippen molar-refractivity contribution in [2.45, 2.75) is 6.54 Å². The zero-order chi connectivity index (χ0) is 13.9. The topological polar surface area (TPSA) is 55.1 Å². The zero-order valence-corrected chi connectivity index (χ0v) is 11.2. The average molecular weight is 287 g/mol. The molecule has 20 heavy (non-hydrogen) atoms. The second kappa shape index (κ2) is 5.35. The van der Waals surface area contributed by atoms with E-state index < -0.39 is 0 Å². The highest BCUT2D eigenvalue weighted by atomic mass is 35.5. The zero-order valence-electron chi connectivity index (χ0n) is 10.5. The van der Waals surface area contributed by atoms with Crippen molar-refractivity contribution in [1.29, 1.82) is 0 Å². The van der Waals surface area contributed by atoms with Crippen molar-refractivity contribution >= 4 is 28.6 Å². The van der Waals surface area contributed by atoms with Crippen LogP contribution in [0.3, 0.4) is 0 Å². The van der Waals surface area contributed by atoms with Crippen molar-refractivity contribution in [3.8, 4) is 0 Å². The highest BCUT2D eigenvalue weighted by molar-refractivity contribution is 6.30. The molecule has 4 nitrogen and oxygen atoms in total. The lowest BCUT2D eigenvalue weighted by atomic mass is 10.2. The maximum atomic E-state index is 12.0. The lowest BCUT2D eigenvalue weighted by Gasteiger charge is -2.05. The maximum absolute atomic E-state index is 12.0. The molecule has 1 N–H and O–H groups in total. The highest BCUT2D eigenvalue weighted by Gasteiger charge is 2.06. The van der Waals surface area contributed by atoms with Gasteiger partial charge in [-0.15, -0.1) is 0 Å². The summed E-state index contributed by atoms with van der Waals surface area (Å²) in [7, 11) is 0. The summed E-state index contributed by atoms with van der Waals surface area (Å²) >= 11 is 5.79. The van der Waals surface area contributed by atoms with E-state index in [4.69, 9.17) is 16.0 Å². The average Bonchev–Trinajstić information content (AvgIpc) is 2.93. The van der Waals surface area contributed by atoms with E-state index >= 15 is 0 Å². The number of rotatable bonds is 3. The molecule has 0 unspecified atom stereocenters. The predicted octanol–water partition coefficient (Wildman–Crippen LogP) is 3.41. The summed E-state index contributed by atoms with van der Waals surface area (Å²) in [6, 6.07) is 12.4. The SMILES string of the molecule is O=C(NCc1ccc2ncoc2c1)c1ccc(Cl)cc1. The third kappa shape index (κ3) is 2.65. The Hall–Kier alpha value is -2.33. The van der Waals surface area contributed by atoms with Crippen LogP contribution >= 0.6 is 11.6 Å². The molecule has 0 atom stereocenters. The van der Waals surface area contributed by atoms with E-state index in [1.54, 1.807) is 24.3 Å². The molecule has 1 amide bonds. The molecule has 5 heteroatoms. The largest absolute Gasteiger partial charge is 0.443 e. The van der Waals surface area contributed by atoms with Gasteiger partial charge in [0.05, 0.1) is 0 Å². The van der Waals surface area contributed by atoms with Crippen molar-refractivity contribution in [3.05, 3.63) is 65.0 Å². The Balaban J connectivity index is 1.69. The fourth-order valence-corrected chi connectivity index (χ4v) is 2.02. The van der Waals surface area contributed by atoms with Gasteiger partial charge < -0.3 is 9.73 Å². The maximum Gasteiger partial charge on any atom is 0.251 e. The minimum Gasteiger partial charge on any atom is -0.443 e. The van der Waals surface area contributed by atoms with Crippen LogP contribution in [0.5, 0.6) is 0 Å². The van der Waals surface area contributed by atoms with Crippen LogP contribution in [0, 0.1) is 0 Å². The molecule has 3 aromatic rings. The van der Waals surface area contributed by atoms with Crippen LogP contribution < -0.4 is 5.32 Å². The van der Waals surface area contributed by atoms with Crippen LogP contribution in [0.25, 0.3) is 11.1 Å². The summed E-state index contributed by atoms with van der Waals surface area (Å²) in [4.78, 5) is 16.0. The molecule has 0 saturated heterocycles. The van der Waals surface area contributed by atoms with Gasteiger partial charge in [-0.3, -0.25) is 4.79 Å². The molecular weight excluding hydrogens is 276 g/mol. The number of hydrogen-bond donors (Lipinski definition) is 1. The van der Waals surface area contributed by atoms with E-state index in [-0.39, 0.29) is 5.91 Å². The first-order chi connectivity index (χ1) is 9.72. The molecule has 100 valence electrons. The Labute approximate surface area is 120 Å². The van der Waals surface area contributed by atoms with E-state index in [0.29, 0.717) is 22.7 Å². The van der Waals surface area contributed by atoms with Gasteiger partial charge in [0, 0.05) is 17.1 Å². The number of carbonyl (C=O) groups excluding carboxylic acids is 1. The summed E-state index contributed by atoms with van der Waals surface area (Å²) in [6.45, 7) is 0.429. The standard InChI is InChI=1S/C15H11ClN2O2/c16-12-4-2-11(3-5-12)15(19)17-8-10-1-6-13-14(7-10)20-9-18-13/h1-7,9H,8H2,(H,17,19). The Kier molecular flexibility index (Phi) is 3.39. The van der Waals surface area contributed by atoms with Crippen molar-refractivity contribution in [2.75, 3.05) is 0 Å². The molecule has 2 aromatic carbocycles. The molecule has 0 fully saturated rings. The number of halogens is 1. The quantitative estimate of drug-likeness (QED) is 0.803. The van der Waals surface area contributed by atoms with E-state index in [1.165, 1.54) is 6.39 Å². The van der Waals surface area contributed by atoms with Gasteiger partial charge in [0.2, 0.25) is 0 Å². The fourth-order valence-electron chi connectivity index (χ4n) is 1.90. The van der Waals surface area contributed by atoms with Crippen LogP contribution in [0.2, 0.25) is 5.02 Å². The monoisotopic (exact) mass is 286 g/mol. The molecule has 1 heterocycles. The van der Waals surface area contributed by atoms with E-state index in [1.807, 2.05) is 18.2 Å². The Morgan fingerprint density at radius 2 is 2.00 bits per heavy atom. The fraction of sp³-hybridized carbons (Fsp3) is 0.0667. The van der Waals surface area contributed by atoms with Crippen LogP contribution in [-0.2, 0) is 6.54 Å². The van der Waals surface area contributed by atoms with Crippen molar-refractivity contribution in [1.82, 2.24) is 10.3 Å². The lowest BCUT2D eigenvalue weighted by molar-refractivity contribution is 0.0951. The third-order valence-electron chi connectivity index (χ3n) is 2.96. The number of nitrogens with zero attached hydrogens (tertiary/aromatic N) is 1. The predicted molar refractivity (Wildman–Crippen MR) is 76.6 cm³/mol. The number of amides is 1. The summed E-state index contributed by atoms with van der Waals surface area (Å²) in [5.74, 6) is -0.140. The molecule has 1 aromatic heterocycles. The van der Waals surface area contributed by atoms with Crippen molar-refractivity contribution in [2.24, 2.45) is 0 Å². The normalized spacial score (nSPS) is 10.7. The number of oxazole rings is 1. The van der Waals surface area contributed by atoms with E-state index in [2.05, 4.69) is 10.3 Å². The number of benzene rings is 2. The number of fused-ring (bicyclic) bond motifs is 1. The molecular formula is C15H11ClN2O2. The second-order valence-electron chi connectivity index (χ2n) is 4.34. The third-order valence-corrected chi connectivity index (χ3v) is 3.21. The summed E-state index contributed by atoms with van der Waals surface area (Å²) in [6.07, 6.45) is 1.40. The Morgan fingerprint density at radius 3 is 2.80 bits per heavy atom. The molecule has 0 bridgehead atoms. The van der Waals surface area contributed by atoms with Gasteiger partial charge in [0.15, 0.2) is 12.0 Å². The molecule has 0 aliphatic rings. The molecule has 0 aliphatic heterocycles. The van der Waals surface area contributed by atoms with Gasteiger partial charge in [0.25, 0.3) is 5.91 Å². The van der Waals surface area contributed by atoms with E-state index in [0.717, 1.165) is 11.1 Å². The first-order valence-corrected chi connectivity index (χ1v) is 6.46. The van der Waals surface area contributed by atoms with Crippen LogP contribution in [0.1, 0.15) is 15.9 Å². The highest BCUT2D eigenvalue weighted by Crippen LogP contribution is 2.14. The van der Waals surface area contributed by atoms with Gasteiger partial charge in [-0.2, -0.15) is 0 Å². The minimum absolute atomic E-state index is 0.140. The van der Waals surface area contributed by atoms with Crippen LogP contribution in [0.4, 0.5) is 0 Å². The Bertz CT molecular complexity index is 750. The smallest absolute Gasteiger partial charge is 0.251 e. The first-order valence-electron chi connectivity index (χ1n) is 6.08. The van der Waals surface area contributed by atoms with Gasteiger partial charge in [-0.25, -0.2) is 4.98 Å². The second-order valence-corrected chi connectivity index (χ2v) is 4.78. The number of carbonyl (C=O) groups is 1. The van der Waals surface area contributed by atoms with Gasteiger partial charge in [-0.05, 0) is 42.0 Å². The Morgan fingerprint density at radius 1 is 1.20 bits per heavy atom. The van der Waals surface area contributed by atoms with Crippen LogP contribution in [-0.4, -0.2) is 10.9 Å². The molecule has 0 aliphatic carbocycles. The van der Waals surface area contributed by atoms with Gasteiger partial charge in [0.1, 0.15) is 5.52 Å². The summed E-state index contributed by atoms with van der Waals surface area (Å²) < 4.78 is 5.22. The van der Waals surface area contributed by atoms with Gasteiger partial charge in [-0.1, -0.05) is 17.7 Å². The molecule has 3 rings (SSSR count). The van der Waals surface area contributed by atoms with E-state index in [9.17, 15) is 4.79 Å². The lowest BCUT2D eigenvalue weighted by Crippen LogP contribution is -2.22. The van der Waals surface area contributed by atoms with Crippen molar-refractivity contribution in [3.63, 3.8) is 0 Å². The number of hydrogen-bond acceptors (Lipinski definition) is 3. The molecule has 0 spiro atoms. The summed E-state index contributed by atoms with van der Waals surface area (Å²) in [5, 5.41) is 3.46. The van der Waals surface area contributed by atoms with Crippen molar-refractivity contribution < 1.29 is 9.21 Å². The first kappa shape index (κ1) is 12.7. The minimum atomic E-state index is -0.140. The molecule has 0 saturated carbocycles. The number of aromatic nitrogens is 1. The van der Waals surface area contributed by atoms with Crippen LogP contribution in [0.15, 0.2) is 53.3 Å². The van der Waals surface area contributed by atoms with Gasteiger partial charge >= 0.3 is 0 Å². The summed E-state index contributed by atoms with van der Waals surface area (Å²) in [5.41, 5.74) is 3.05. The number of nitrogens with one attached hydrogen (secondary N) is 1. The molecule has 0 radical (unpaired) electrons.